The van der Waals surface area contributed by atoms with Gasteiger partial charge in [0, 0.05) is 13.2 Å². The fourth-order valence-electron chi connectivity index (χ4n) is 2.46. The Hall–Kier alpha value is -1.59. The number of esters is 1. The molecule has 1 aliphatic heterocycles. The summed E-state index contributed by atoms with van der Waals surface area (Å²) in [4.78, 5) is 11.7. The zero-order chi connectivity index (χ0) is 16.3. The number of benzene rings is 1. The van der Waals surface area contributed by atoms with Crippen molar-refractivity contribution in [3.63, 3.8) is 0 Å². The summed E-state index contributed by atoms with van der Waals surface area (Å²) in [5, 5.41) is 9.17. The molecule has 1 heterocycles. The topological polar surface area (TPSA) is 65.0 Å². The molecule has 5 nitrogen and oxygen atoms in total. The van der Waals surface area contributed by atoms with E-state index in [0.29, 0.717) is 12.2 Å². The number of ether oxygens (including phenoxy) is 3. The average molecular weight is 322 g/mol. The molecular weight excluding hydrogens is 296 g/mol. The minimum Gasteiger partial charge on any atom is -0.508 e. The Morgan fingerprint density at radius 1 is 1.09 bits per heavy atom. The van der Waals surface area contributed by atoms with E-state index in [1.165, 1.54) is 18.6 Å². The first kappa shape index (κ1) is 17.8. The minimum atomic E-state index is -0.345. The highest BCUT2D eigenvalue weighted by Gasteiger charge is 2.13. The van der Waals surface area contributed by atoms with Crippen molar-refractivity contribution in [1.82, 2.24) is 0 Å². The van der Waals surface area contributed by atoms with Gasteiger partial charge in [0.2, 0.25) is 0 Å². The maximum absolute atomic E-state index is 11.7. The number of hydrogen-bond donors (Lipinski definition) is 1. The number of aromatic hydroxyl groups is 1. The second-order valence-electron chi connectivity index (χ2n) is 5.76. The van der Waals surface area contributed by atoms with Crippen LogP contribution in [0.15, 0.2) is 24.3 Å². The van der Waals surface area contributed by atoms with E-state index in [4.69, 9.17) is 19.3 Å². The predicted molar refractivity (Wildman–Crippen MR) is 86.4 cm³/mol. The van der Waals surface area contributed by atoms with E-state index in [0.717, 1.165) is 51.7 Å². The van der Waals surface area contributed by atoms with Crippen molar-refractivity contribution < 1.29 is 24.1 Å². The van der Waals surface area contributed by atoms with E-state index >= 15 is 0 Å². The van der Waals surface area contributed by atoms with E-state index in [1.807, 2.05) is 0 Å². The molecule has 1 N–H and O–H groups in total. The Balaban J connectivity index is 1.44. The van der Waals surface area contributed by atoms with Gasteiger partial charge in [-0.1, -0.05) is 6.42 Å². The van der Waals surface area contributed by atoms with E-state index in [2.05, 4.69) is 0 Å². The van der Waals surface area contributed by atoms with Crippen molar-refractivity contribution in [1.29, 1.82) is 0 Å². The van der Waals surface area contributed by atoms with Crippen LogP contribution in [0.3, 0.4) is 0 Å². The molecule has 0 radical (unpaired) electrons. The summed E-state index contributed by atoms with van der Waals surface area (Å²) in [6, 6.07) is 6.07. The molecule has 23 heavy (non-hydrogen) atoms. The molecule has 1 aliphatic rings. The van der Waals surface area contributed by atoms with Crippen LogP contribution in [0.25, 0.3) is 0 Å². The van der Waals surface area contributed by atoms with Gasteiger partial charge in [0.05, 0.1) is 12.2 Å². The maximum Gasteiger partial charge on any atom is 0.338 e. The van der Waals surface area contributed by atoms with Gasteiger partial charge in [0.15, 0.2) is 6.29 Å². The first-order valence-corrected chi connectivity index (χ1v) is 8.45. The third-order valence-corrected chi connectivity index (χ3v) is 3.82. The van der Waals surface area contributed by atoms with Gasteiger partial charge in [-0.15, -0.1) is 0 Å². The summed E-state index contributed by atoms with van der Waals surface area (Å²) < 4.78 is 16.4. The Morgan fingerprint density at radius 2 is 1.83 bits per heavy atom. The quantitative estimate of drug-likeness (QED) is 0.555. The first-order chi connectivity index (χ1) is 11.3. The van der Waals surface area contributed by atoms with Crippen molar-refractivity contribution in [2.75, 3.05) is 19.8 Å². The highest BCUT2D eigenvalue weighted by atomic mass is 16.7. The minimum absolute atomic E-state index is 0.00462. The summed E-state index contributed by atoms with van der Waals surface area (Å²) in [6.45, 7) is 1.97. The molecule has 5 heteroatoms. The van der Waals surface area contributed by atoms with Crippen molar-refractivity contribution in [3.05, 3.63) is 29.8 Å². The third-order valence-electron chi connectivity index (χ3n) is 3.82. The molecule has 1 fully saturated rings. The first-order valence-electron chi connectivity index (χ1n) is 8.45. The summed E-state index contributed by atoms with van der Waals surface area (Å²) in [5.74, 6) is -0.204. The summed E-state index contributed by atoms with van der Waals surface area (Å²) in [6.07, 6.45) is 7.26. The molecule has 128 valence electrons. The van der Waals surface area contributed by atoms with Crippen molar-refractivity contribution >= 4 is 5.97 Å². The Morgan fingerprint density at radius 3 is 2.52 bits per heavy atom. The van der Waals surface area contributed by atoms with E-state index in [9.17, 15) is 4.79 Å². The zero-order valence-corrected chi connectivity index (χ0v) is 13.5. The van der Waals surface area contributed by atoms with Crippen LogP contribution < -0.4 is 0 Å². The Kier molecular flexibility index (Phi) is 7.90. The standard InChI is InChI=1S/C18H26O5/c19-16-10-8-15(9-11-16)18(20)23-14-5-2-1-4-12-21-17-7-3-6-13-22-17/h8-11,17,19H,1-7,12-14H2. The van der Waals surface area contributed by atoms with Gasteiger partial charge in [-0.2, -0.15) is 0 Å². The third kappa shape index (κ3) is 7.01. The molecule has 1 saturated heterocycles. The number of rotatable bonds is 9. The normalized spacial score (nSPS) is 17.8. The van der Waals surface area contributed by atoms with Crippen LogP contribution in [0.5, 0.6) is 5.75 Å². The highest BCUT2D eigenvalue weighted by molar-refractivity contribution is 5.89. The fourth-order valence-corrected chi connectivity index (χ4v) is 2.46. The average Bonchev–Trinajstić information content (AvgIpc) is 2.58. The summed E-state index contributed by atoms with van der Waals surface area (Å²) >= 11 is 0. The fraction of sp³-hybridized carbons (Fsp3) is 0.611. The molecule has 0 aromatic heterocycles. The van der Waals surface area contributed by atoms with Crippen molar-refractivity contribution in [3.8, 4) is 5.75 Å². The van der Waals surface area contributed by atoms with Gasteiger partial charge >= 0.3 is 5.97 Å². The van der Waals surface area contributed by atoms with Crippen LogP contribution in [0.2, 0.25) is 0 Å². The second kappa shape index (κ2) is 10.2. The molecule has 1 atom stereocenters. The van der Waals surface area contributed by atoms with E-state index < -0.39 is 0 Å². The summed E-state index contributed by atoms with van der Waals surface area (Å²) in [5.41, 5.74) is 0.462. The lowest BCUT2D eigenvalue weighted by atomic mass is 10.2. The molecule has 0 bridgehead atoms. The van der Waals surface area contributed by atoms with E-state index in [-0.39, 0.29) is 18.0 Å². The molecule has 1 unspecified atom stereocenters. The number of phenolic OH excluding ortho intramolecular Hbond substituents is 1. The molecule has 0 saturated carbocycles. The molecule has 0 amide bonds. The van der Waals surface area contributed by atoms with E-state index in [1.54, 1.807) is 12.1 Å². The molecule has 1 aromatic rings. The number of hydrogen-bond acceptors (Lipinski definition) is 5. The van der Waals surface area contributed by atoms with Gasteiger partial charge in [-0.3, -0.25) is 0 Å². The number of unbranched alkanes of at least 4 members (excludes halogenated alkanes) is 3. The van der Waals surface area contributed by atoms with Gasteiger partial charge in [-0.25, -0.2) is 4.79 Å². The monoisotopic (exact) mass is 322 g/mol. The van der Waals surface area contributed by atoms with Crippen molar-refractivity contribution in [2.45, 2.75) is 51.2 Å². The molecule has 0 spiro atoms. The summed E-state index contributed by atoms with van der Waals surface area (Å²) in [7, 11) is 0. The molecular formula is C18H26O5. The van der Waals surface area contributed by atoms with Gasteiger partial charge in [0.25, 0.3) is 0 Å². The SMILES string of the molecule is O=C(OCCCCCCOC1CCCCO1)c1ccc(O)cc1. The van der Waals surface area contributed by atoms with Crippen LogP contribution in [0.1, 0.15) is 55.3 Å². The second-order valence-corrected chi connectivity index (χ2v) is 5.76. The largest absolute Gasteiger partial charge is 0.508 e. The lowest BCUT2D eigenvalue weighted by Gasteiger charge is -2.22. The van der Waals surface area contributed by atoms with Gasteiger partial charge in [-0.05, 0) is 62.8 Å². The number of carbonyl (C=O) groups excluding carboxylic acids is 1. The number of carbonyl (C=O) groups is 1. The van der Waals surface area contributed by atoms with Crippen LogP contribution in [-0.2, 0) is 14.2 Å². The maximum atomic E-state index is 11.7. The molecule has 1 aromatic carbocycles. The lowest BCUT2D eigenvalue weighted by Crippen LogP contribution is -2.22. The zero-order valence-electron chi connectivity index (χ0n) is 13.5. The smallest absolute Gasteiger partial charge is 0.338 e. The van der Waals surface area contributed by atoms with Crippen LogP contribution in [-0.4, -0.2) is 37.2 Å². The Labute approximate surface area is 137 Å². The van der Waals surface area contributed by atoms with Gasteiger partial charge in [0.1, 0.15) is 5.75 Å². The van der Waals surface area contributed by atoms with Gasteiger partial charge < -0.3 is 19.3 Å². The highest BCUT2D eigenvalue weighted by Crippen LogP contribution is 2.14. The van der Waals surface area contributed by atoms with Crippen molar-refractivity contribution in [2.24, 2.45) is 0 Å². The van der Waals surface area contributed by atoms with Crippen LogP contribution in [0, 0.1) is 0 Å². The van der Waals surface area contributed by atoms with Crippen LogP contribution in [0.4, 0.5) is 0 Å². The Bertz CT molecular complexity index is 451. The predicted octanol–water partition coefficient (Wildman–Crippen LogP) is 3.65. The molecule has 2 rings (SSSR count). The molecule has 0 aliphatic carbocycles. The number of phenols is 1. The lowest BCUT2D eigenvalue weighted by molar-refractivity contribution is -0.162. The van der Waals surface area contributed by atoms with Crippen LogP contribution >= 0.6 is 0 Å².